The Bertz CT molecular complexity index is 1470. The molecule has 1 aliphatic carbocycles. The lowest BCUT2D eigenvalue weighted by Gasteiger charge is -2.40. The predicted octanol–water partition coefficient (Wildman–Crippen LogP) is 3.41. The molecule has 50 heavy (non-hydrogen) atoms. The third-order valence-electron chi connectivity index (χ3n) is 9.89. The molecule has 0 spiro atoms. The number of nitrogens with one attached hydrogen (secondary N) is 3. The van der Waals surface area contributed by atoms with Crippen molar-refractivity contribution in [2.24, 2.45) is 5.92 Å². The van der Waals surface area contributed by atoms with Crippen molar-refractivity contribution in [3.8, 4) is 0 Å². The maximum Gasteiger partial charge on any atom is 0.410 e. The Morgan fingerprint density at radius 3 is 2.54 bits per heavy atom. The van der Waals surface area contributed by atoms with Gasteiger partial charge in [0.2, 0.25) is 23.6 Å². The van der Waals surface area contributed by atoms with Crippen LogP contribution in [0.3, 0.4) is 0 Å². The molecule has 0 saturated carbocycles. The summed E-state index contributed by atoms with van der Waals surface area (Å²) in [6, 6.07) is 6.67. The molecule has 5 rings (SSSR count). The standard InChI is InChI=1S/C38H53N5O7/c1-25-12-14-29-21-28(25)23-39-34(45)30(15-13-26-9-6-5-7-10-26)40-35(46)31(22-33(44)42-18-8-11-27(24-42)17-20-49-29)41-36(47)32-16-19-43(32)37(48)50-38(2,3)4/h5-7,9-10,12,21,27,29-32H,8,11,13-20,22-24H2,1-4H3,(H,39,45)(H,40,46)(H,41,47)/t27?,29?,30-,31-,32?/m0/s1. The van der Waals surface area contributed by atoms with E-state index in [9.17, 15) is 24.0 Å². The van der Waals surface area contributed by atoms with Gasteiger partial charge in [-0.3, -0.25) is 24.1 Å². The highest BCUT2D eigenvalue weighted by atomic mass is 16.6. The zero-order chi connectivity index (χ0) is 35.8. The van der Waals surface area contributed by atoms with Gasteiger partial charge in [0.1, 0.15) is 23.7 Å². The van der Waals surface area contributed by atoms with Gasteiger partial charge in [0, 0.05) is 32.8 Å². The van der Waals surface area contributed by atoms with E-state index in [1.807, 2.05) is 37.3 Å². The van der Waals surface area contributed by atoms with Crippen LogP contribution in [0.5, 0.6) is 0 Å². The normalized spacial score (nSPS) is 27.0. The Morgan fingerprint density at radius 1 is 1.04 bits per heavy atom. The minimum absolute atomic E-state index is 0.0920. The van der Waals surface area contributed by atoms with Crippen LogP contribution in [0.4, 0.5) is 4.79 Å². The van der Waals surface area contributed by atoms with Gasteiger partial charge in [-0.15, -0.1) is 0 Å². The summed E-state index contributed by atoms with van der Waals surface area (Å²) in [4.78, 5) is 71.0. The first kappa shape index (κ1) is 37.1. The third kappa shape index (κ3) is 10.2. The second-order valence-electron chi connectivity index (χ2n) is 14.9. The molecule has 2 fully saturated rings. The molecule has 3 aliphatic heterocycles. The number of likely N-dealkylation sites (tertiary alicyclic amines) is 1. The summed E-state index contributed by atoms with van der Waals surface area (Å²) in [7, 11) is 0. The molecule has 0 radical (unpaired) electrons. The van der Waals surface area contributed by atoms with Gasteiger partial charge in [-0.25, -0.2) is 4.79 Å². The van der Waals surface area contributed by atoms with E-state index >= 15 is 0 Å². The molecule has 5 amide bonds. The van der Waals surface area contributed by atoms with Crippen molar-refractivity contribution >= 4 is 29.7 Å². The van der Waals surface area contributed by atoms with Gasteiger partial charge in [0.05, 0.1) is 12.5 Å². The molecule has 272 valence electrons. The number of rotatable bonds is 5. The van der Waals surface area contributed by atoms with Crippen molar-refractivity contribution in [2.75, 3.05) is 32.8 Å². The highest BCUT2D eigenvalue weighted by Gasteiger charge is 2.42. The first-order valence-corrected chi connectivity index (χ1v) is 18.1. The van der Waals surface area contributed by atoms with E-state index in [0.717, 1.165) is 42.4 Å². The molecule has 12 nitrogen and oxygen atoms in total. The van der Waals surface area contributed by atoms with E-state index in [4.69, 9.17) is 9.47 Å². The van der Waals surface area contributed by atoms with Crippen LogP contribution in [0.15, 0.2) is 53.6 Å². The molecular weight excluding hydrogens is 638 g/mol. The van der Waals surface area contributed by atoms with Gasteiger partial charge in [-0.05, 0) is 89.7 Å². The molecule has 3 unspecified atom stereocenters. The molecule has 1 aromatic rings. The maximum absolute atomic E-state index is 14.1. The van der Waals surface area contributed by atoms with Crippen molar-refractivity contribution in [3.05, 3.63) is 59.2 Å². The van der Waals surface area contributed by atoms with Crippen molar-refractivity contribution in [1.29, 1.82) is 0 Å². The van der Waals surface area contributed by atoms with E-state index in [1.54, 1.807) is 25.7 Å². The highest BCUT2D eigenvalue weighted by molar-refractivity contribution is 5.96. The van der Waals surface area contributed by atoms with Crippen molar-refractivity contribution in [1.82, 2.24) is 25.8 Å². The van der Waals surface area contributed by atoms with Gasteiger partial charge in [0.25, 0.3) is 0 Å². The van der Waals surface area contributed by atoms with Crippen LogP contribution in [0.25, 0.3) is 0 Å². The minimum Gasteiger partial charge on any atom is -0.444 e. The number of aryl methyl sites for hydroxylation is 1. The molecule has 3 heterocycles. The van der Waals surface area contributed by atoms with E-state index in [1.165, 1.54) is 4.90 Å². The molecule has 5 atom stereocenters. The zero-order valence-corrected chi connectivity index (χ0v) is 29.9. The van der Waals surface area contributed by atoms with Gasteiger partial charge in [0.15, 0.2) is 0 Å². The van der Waals surface area contributed by atoms with Crippen molar-refractivity contribution < 1.29 is 33.4 Å². The van der Waals surface area contributed by atoms with Crippen LogP contribution >= 0.6 is 0 Å². The Balaban J connectivity index is 1.38. The first-order chi connectivity index (χ1) is 23.9. The molecule has 4 bridgehead atoms. The smallest absolute Gasteiger partial charge is 0.410 e. The summed E-state index contributed by atoms with van der Waals surface area (Å²) in [5, 5.41) is 8.66. The molecule has 0 aromatic heterocycles. The number of hydrogen-bond acceptors (Lipinski definition) is 7. The monoisotopic (exact) mass is 691 g/mol. The number of nitrogens with zero attached hydrogens (tertiary/aromatic N) is 2. The van der Waals surface area contributed by atoms with Gasteiger partial charge >= 0.3 is 6.09 Å². The summed E-state index contributed by atoms with van der Waals surface area (Å²) >= 11 is 0. The molecule has 4 aliphatic rings. The fraction of sp³-hybridized carbons (Fsp3) is 0.605. The van der Waals surface area contributed by atoms with E-state index in [0.29, 0.717) is 45.5 Å². The summed E-state index contributed by atoms with van der Waals surface area (Å²) < 4.78 is 11.7. The SMILES string of the molecule is CC1=CCC2C=C1CNC(=O)[C@H](CCc1ccccc1)NC(=O)[C@@H](NC(=O)C1CCN1C(=O)OC(C)(C)C)CC(=O)N1CCCC(CCO2)C1. The fourth-order valence-corrected chi connectivity index (χ4v) is 6.86. The molecular formula is C38H53N5O7. The lowest BCUT2D eigenvalue weighted by molar-refractivity contribution is -0.140. The van der Waals surface area contributed by atoms with Crippen LogP contribution in [-0.4, -0.2) is 102 Å². The molecule has 1 aromatic carbocycles. The lowest BCUT2D eigenvalue weighted by atomic mass is 9.94. The number of benzene rings is 1. The lowest BCUT2D eigenvalue weighted by Crippen LogP contribution is -2.62. The van der Waals surface area contributed by atoms with E-state index < -0.39 is 41.6 Å². The van der Waals surface area contributed by atoms with Crippen molar-refractivity contribution in [3.63, 3.8) is 0 Å². The number of ether oxygens (including phenoxy) is 2. The first-order valence-electron chi connectivity index (χ1n) is 18.1. The topological polar surface area (TPSA) is 146 Å². The minimum atomic E-state index is -1.25. The number of fused-ring (bicyclic) bond motifs is 3. The average molecular weight is 692 g/mol. The predicted molar refractivity (Wildman–Crippen MR) is 188 cm³/mol. The quantitative estimate of drug-likeness (QED) is 0.429. The van der Waals surface area contributed by atoms with E-state index in [-0.39, 0.29) is 36.8 Å². The average Bonchev–Trinajstić information content (AvgIpc) is 3.05. The van der Waals surface area contributed by atoms with Gasteiger partial charge in [-0.1, -0.05) is 48.1 Å². The number of carbonyl (C=O) groups is 5. The summed E-state index contributed by atoms with van der Waals surface area (Å²) in [6.07, 6.45) is 7.82. The Morgan fingerprint density at radius 2 is 1.82 bits per heavy atom. The number of carbonyl (C=O) groups excluding carboxylic acids is 5. The summed E-state index contributed by atoms with van der Waals surface area (Å²) in [5.41, 5.74) is 2.32. The van der Waals surface area contributed by atoms with Gasteiger partial charge < -0.3 is 30.3 Å². The van der Waals surface area contributed by atoms with Crippen LogP contribution in [0.2, 0.25) is 0 Å². The second-order valence-corrected chi connectivity index (χ2v) is 14.9. The Labute approximate surface area is 295 Å². The Hall–Kier alpha value is -4.19. The van der Waals surface area contributed by atoms with Crippen LogP contribution in [-0.2, 0) is 35.1 Å². The number of hydrogen-bond donors (Lipinski definition) is 3. The van der Waals surface area contributed by atoms with Gasteiger partial charge in [-0.2, -0.15) is 0 Å². The largest absolute Gasteiger partial charge is 0.444 e. The highest BCUT2D eigenvalue weighted by Crippen LogP contribution is 2.25. The second kappa shape index (κ2) is 16.7. The zero-order valence-electron chi connectivity index (χ0n) is 29.9. The summed E-state index contributed by atoms with van der Waals surface area (Å²) in [6.45, 7) is 9.55. The van der Waals surface area contributed by atoms with E-state index in [2.05, 4.69) is 28.1 Å². The molecule has 2 saturated heterocycles. The van der Waals surface area contributed by atoms with Crippen LogP contribution in [0.1, 0.15) is 78.2 Å². The summed E-state index contributed by atoms with van der Waals surface area (Å²) in [5.74, 6) is -1.52. The molecule has 12 heteroatoms. The maximum atomic E-state index is 14.1. The third-order valence-corrected chi connectivity index (χ3v) is 9.89. The number of piperidine rings is 1. The Kier molecular flexibility index (Phi) is 12.4. The van der Waals surface area contributed by atoms with Crippen molar-refractivity contribution in [2.45, 2.75) is 109 Å². The molecule has 3 N–H and O–H groups in total. The van der Waals surface area contributed by atoms with Crippen LogP contribution < -0.4 is 16.0 Å². The van der Waals surface area contributed by atoms with Crippen LogP contribution in [0, 0.1) is 5.92 Å². The fourth-order valence-electron chi connectivity index (χ4n) is 6.86. The number of amides is 5.